The van der Waals surface area contributed by atoms with Gasteiger partial charge in [-0.3, -0.25) is 4.79 Å². The van der Waals surface area contributed by atoms with Gasteiger partial charge < -0.3 is 14.8 Å². The quantitative estimate of drug-likeness (QED) is 0.911. The number of piperazine rings is 1. The molecule has 1 aliphatic carbocycles. The normalized spacial score (nSPS) is 20.0. The van der Waals surface area contributed by atoms with E-state index < -0.39 is 0 Å². The minimum atomic E-state index is -0.104. The predicted molar refractivity (Wildman–Crippen MR) is 94.2 cm³/mol. The molecule has 0 spiro atoms. The molecule has 1 amide bonds. The zero-order valence-corrected chi connectivity index (χ0v) is 14.1. The molecule has 1 saturated heterocycles. The van der Waals surface area contributed by atoms with Crippen LogP contribution >= 0.6 is 0 Å². The molecule has 1 unspecified atom stereocenters. The summed E-state index contributed by atoms with van der Waals surface area (Å²) in [5.74, 6) is 0.0919. The first kappa shape index (κ1) is 15.7. The van der Waals surface area contributed by atoms with E-state index in [0.29, 0.717) is 18.7 Å². The number of aromatic amines is 1. The third kappa shape index (κ3) is 2.86. The predicted octanol–water partition coefficient (Wildman–Crippen LogP) is 2.05. The largest absolute Gasteiger partial charge is 0.367 e. The van der Waals surface area contributed by atoms with Crippen LogP contribution in [0.1, 0.15) is 35.7 Å². The molecule has 0 radical (unpaired) electrons. The van der Waals surface area contributed by atoms with E-state index in [2.05, 4.69) is 20.9 Å². The maximum atomic E-state index is 13.0. The summed E-state index contributed by atoms with van der Waals surface area (Å²) in [5.41, 5.74) is 3.71. The van der Waals surface area contributed by atoms with Gasteiger partial charge in [0.1, 0.15) is 6.07 Å². The highest BCUT2D eigenvalue weighted by Gasteiger charge is 2.33. The van der Waals surface area contributed by atoms with Crippen LogP contribution in [0.4, 0.5) is 5.69 Å². The number of nitrogens with one attached hydrogen (secondary N) is 1. The van der Waals surface area contributed by atoms with Gasteiger partial charge in [-0.05, 0) is 31.4 Å². The van der Waals surface area contributed by atoms with Crippen molar-refractivity contribution < 1.29 is 4.79 Å². The van der Waals surface area contributed by atoms with Crippen LogP contribution < -0.4 is 4.90 Å². The van der Waals surface area contributed by atoms with Crippen LogP contribution in [0, 0.1) is 11.3 Å². The number of carbonyl (C=O) groups excluding carboxylic acids is 1. The Balaban J connectivity index is 1.44. The van der Waals surface area contributed by atoms with E-state index in [1.165, 1.54) is 0 Å². The molecule has 4 rings (SSSR count). The number of imidazole rings is 1. The summed E-state index contributed by atoms with van der Waals surface area (Å²) < 4.78 is 0. The highest BCUT2D eigenvalue weighted by molar-refractivity contribution is 5.84. The Kier molecular flexibility index (Phi) is 4.14. The summed E-state index contributed by atoms with van der Waals surface area (Å²) in [6.07, 6.45) is 4.60. The lowest BCUT2D eigenvalue weighted by Crippen LogP contribution is -2.50. The van der Waals surface area contributed by atoms with Crippen molar-refractivity contribution in [3.63, 3.8) is 0 Å². The third-order valence-electron chi connectivity index (χ3n) is 5.26. The van der Waals surface area contributed by atoms with Crippen molar-refractivity contribution in [3.8, 4) is 6.07 Å². The van der Waals surface area contributed by atoms with Crippen LogP contribution in [0.2, 0.25) is 0 Å². The molecule has 1 aromatic heterocycles. The lowest BCUT2D eigenvalue weighted by atomic mass is 9.88. The Morgan fingerprint density at radius 3 is 2.84 bits per heavy atom. The zero-order valence-electron chi connectivity index (χ0n) is 14.1. The molecule has 1 atom stereocenters. The fraction of sp³-hybridized carbons (Fsp3) is 0.421. The first-order valence-corrected chi connectivity index (χ1v) is 8.83. The van der Waals surface area contributed by atoms with Crippen LogP contribution in [0.15, 0.2) is 30.6 Å². The summed E-state index contributed by atoms with van der Waals surface area (Å²) in [5, 5.41) is 9.28. The summed E-state index contributed by atoms with van der Waals surface area (Å²) in [4.78, 5) is 24.7. The van der Waals surface area contributed by atoms with E-state index >= 15 is 0 Å². The smallest absolute Gasteiger partial charge is 0.231 e. The summed E-state index contributed by atoms with van der Waals surface area (Å²) in [7, 11) is 0. The molecule has 2 aromatic rings. The van der Waals surface area contributed by atoms with Gasteiger partial charge in [-0.15, -0.1) is 0 Å². The Morgan fingerprint density at radius 1 is 1.24 bits per heavy atom. The number of carbonyl (C=O) groups is 1. The average Bonchev–Trinajstić information content (AvgIpc) is 3.16. The Hall–Kier alpha value is -2.81. The monoisotopic (exact) mass is 335 g/mol. The number of benzene rings is 1. The molecular weight excluding hydrogens is 314 g/mol. The minimum absolute atomic E-state index is 0.104. The topological polar surface area (TPSA) is 76.0 Å². The highest BCUT2D eigenvalue weighted by atomic mass is 16.2. The number of nitriles is 1. The van der Waals surface area contributed by atoms with Crippen molar-refractivity contribution in [3.05, 3.63) is 47.5 Å². The second-order valence-corrected chi connectivity index (χ2v) is 6.65. The summed E-state index contributed by atoms with van der Waals surface area (Å²) >= 11 is 0. The van der Waals surface area contributed by atoms with Gasteiger partial charge in [-0.25, -0.2) is 4.98 Å². The number of amides is 1. The first-order valence-electron chi connectivity index (χ1n) is 8.83. The minimum Gasteiger partial charge on any atom is -0.367 e. The summed E-state index contributed by atoms with van der Waals surface area (Å²) in [6, 6.07) is 9.91. The molecule has 6 nitrogen and oxygen atoms in total. The van der Waals surface area contributed by atoms with Crippen LogP contribution in [0.3, 0.4) is 0 Å². The average molecular weight is 335 g/mol. The number of hydrogen-bond acceptors (Lipinski definition) is 4. The van der Waals surface area contributed by atoms with E-state index in [1.807, 2.05) is 29.2 Å². The number of hydrogen-bond donors (Lipinski definition) is 1. The zero-order chi connectivity index (χ0) is 17.2. The number of fused-ring (bicyclic) bond motifs is 1. The van der Waals surface area contributed by atoms with E-state index in [-0.39, 0.29) is 11.8 Å². The molecule has 1 fully saturated rings. The van der Waals surface area contributed by atoms with Gasteiger partial charge in [0, 0.05) is 31.9 Å². The number of aryl methyl sites for hydroxylation is 1. The van der Waals surface area contributed by atoms with Crippen molar-refractivity contribution in [2.24, 2.45) is 0 Å². The van der Waals surface area contributed by atoms with E-state index in [1.54, 1.807) is 6.33 Å². The van der Waals surface area contributed by atoms with E-state index in [0.717, 1.165) is 49.4 Å². The van der Waals surface area contributed by atoms with Gasteiger partial charge >= 0.3 is 0 Å². The molecule has 1 aliphatic heterocycles. The van der Waals surface area contributed by atoms with Gasteiger partial charge in [0.2, 0.25) is 5.91 Å². The second-order valence-electron chi connectivity index (χ2n) is 6.65. The standard InChI is InChI=1S/C19H21N5O/c20-12-14-4-1-2-7-17(14)23-8-10-24(11-9-23)19(25)15-5-3-6-16-18(15)22-13-21-16/h1-2,4,7,13,15H,3,5-6,8-11H2,(H,21,22). The Bertz CT molecular complexity index is 813. The lowest BCUT2D eigenvalue weighted by molar-refractivity contribution is -0.133. The van der Waals surface area contributed by atoms with Crippen molar-refractivity contribution >= 4 is 11.6 Å². The number of anilines is 1. The molecular formula is C19H21N5O. The highest BCUT2D eigenvalue weighted by Crippen LogP contribution is 2.31. The molecule has 0 bridgehead atoms. The van der Waals surface area contributed by atoms with Crippen LogP contribution in [0.5, 0.6) is 0 Å². The van der Waals surface area contributed by atoms with Gasteiger partial charge in [0.05, 0.1) is 29.2 Å². The summed E-state index contributed by atoms with van der Waals surface area (Å²) in [6.45, 7) is 2.89. The molecule has 2 aliphatic rings. The maximum Gasteiger partial charge on any atom is 0.231 e. The SMILES string of the molecule is N#Cc1ccccc1N1CCN(C(=O)C2CCCc3[nH]cnc32)CC1. The van der Waals surface area contributed by atoms with E-state index in [9.17, 15) is 10.1 Å². The third-order valence-corrected chi connectivity index (χ3v) is 5.26. The second kappa shape index (κ2) is 6.60. The fourth-order valence-corrected chi connectivity index (χ4v) is 3.92. The first-order chi connectivity index (χ1) is 12.3. The lowest BCUT2D eigenvalue weighted by Gasteiger charge is -2.38. The Morgan fingerprint density at radius 2 is 2.04 bits per heavy atom. The molecule has 2 heterocycles. The number of aromatic nitrogens is 2. The maximum absolute atomic E-state index is 13.0. The number of rotatable bonds is 2. The van der Waals surface area contributed by atoms with Crippen LogP contribution in [-0.4, -0.2) is 47.0 Å². The molecule has 6 heteroatoms. The number of H-pyrrole nitrogens is 1. The molecule has 1 aromatic carbocycles. The van der Waals surface area contributed by atoms with E-state index in [4.69, 9.17) is 0 Å². The fourth-order valence-electron chi connectivity index (χ4n) is 3.92. The van der Waals surface area contributed by atoms with Crippen molar-refractivity contribution in [1.29, 1.82) is 5.26 Å². The number of nitrogens with zero attached hydrogens (tertiary/aromatic N) is 4. The van der Waals surface area contributed by atoms with Gasteiger partial charge in [-0.1, -0.05) is 12.1 Å². The molecule has 1 N–H and O–H groups in total. The van der Waals surface area contributed by atoms with Crippen molar-refractivity contribution in [2.45, 2.75) is 25.2 Å². The Labute approximate surface area is 147 Å². The van der Waals surface area contributed by atoms with Gasteiger partial charge in [0.15, 0.2) is 0 Å². The van der Waals surface area contributed by atoms with Crippen LogP contribution in [0.25, 0.3) is 0 Å². The van der Waals surface area contributed by atoms with Crippen molar-refractivity contribution in [1.82, 2.24) is 14.9 Å². The molecule has 25 heavy (non-hydrogen) atoms. The van der Waals surface area contributed by atoms with Crippen LogP contribution in [-0.2, 0) is 11.2 Å². The molecule has 128 valence electrons. The number of para-hydroxylation sites is 1. The molecule has 0 saturated carbocycles. The van der Waals surface area contributed by atoms with Gasteiger partial charge in [-0.2, -0.15) is 5.26 Å². The van der Waals surface area contributed by atoms with Gasteiger partial charge in [0.25, 0.3) is 0 Å². The van der Waals surface area contributed by atoms with Crippen molar-refractivity contribution in [2.75, 3.05) is 31.1 Å².